The largest absolute Gasteiger partial charge is 0.297 e. The maximum atomic E-state index is 12.8. The highest BCUT2D eigenvalue weighted by molar-refractivity contribution is 6.31. The fourth-order valence-corrected chi connectivity index (χ4v) is 4.82. The van der Waals surface area contributed by atoms with Crippen LogP contribution in [0.25, 0.3) is 5.70 Å². The van der Waals surface area contributed by atoms with E-state index in [2.05, 4.69) is 35.2 Å². The van der Waals surface area contributed by atoms with Gasteiger partial charge < -0.3 is 0 Å². The van der Waals surface area contributed by atoms with Crippen molar-refractivity contribution in [2.45, 2.75) is 65.8 Å². The molecule has 1 aliphatic rings. The van der Waals surface area contributed by atoms with Gasteiger partial charge in [-0.3, -0.25) is 14.4 Å². The lowest BCUT2D eigenvalue weighted by atomic mass is 9.90. The number of benzene rings is 1. The van der Waals surface area contributed by atoms with Crippen molar-refractivity contribution in [3.05, 3.63) is 75.2 Å². The average Bonchev–Trinajstić information content (AvgIpc) is 3.08. The van der Waals surface area contributed by atoms with Crippen LogP contribution >= 0.6 is 11.6 Å². The van der Waals surface area contributed by atoms with E-state index in [4.69, 9.17) is 11.6 Å². The molecule has 6 heteroatoms. The Labute approximate surface area is 209 Å². The maximum Gasteiger partial charge on any atom is 0.290 e. The highest BCUT2D eigenvalue weighted by atomic mass is 35.5. The van der Waals surface area contributed by atoms with Crippen molar-refractivity contribution in [3.63, 3.8) is 0 Å². The molecule has 34 heavy (non-hydrogen) atoms. The topological polar surface area (TPSA) is 30.2 Å². The number of aryl methyl sites for hydroxylation is 1. The van der Waals surface area contributed by atoms with Gasteiger partial charge in [-0.1, -0.05) is 81.3 Å². The molecule has 3 rings (SSSR count). The minimum absolute atomic E-state index is 0.247. The maximum absolute atomic E-state index is 12.8. The second-order valence-corrected chi connectivity index (χ2v) is 8.97. The Morgan fingerprint density at radius 3 is 2.47 bits per heavy atom. The van der Waals surface area contributed by atoms with E-state index >= 15 is 0 Å². The van der Waals surface area contributed by atoms with Gasteiger partial charge in [0.1, 0.15) is 11.7 Å². The molecule has 0 spiro atoms. The molecule has 2 aromatic rings. The standard InChI is InChI=1S/C26H35ClFN3O.C2H6/c1-3-9-23(14-8-17-28)31-26(32)25(27)24(29(31)2)20-30-18-15-22(16-19-30)13-7-12-21-10-5-4-6-11-21;1-2/h4-6,8-11,14,22H,3,7,12-13,15-20H2,1-2H3;1-2H3/b14-8-,23-9+;. The summed E-state index contributed by atoms with van der Waals surface area (Å²) < 4.78 is 16.0. The summed E-state index contributed by atoms with van der Waals surface area (Å²) in [4.78, 5) is 15.2. The minimum Gasteiger partial charge on any atom is -0.297 e. The molecule has 1 fully saturated rings. The highest BCUT2D eigenvalue weighted by Gasteiger charge is 2.23. The second-order valence-electron chi connectivity index (χ2n) is 8.59. The number of aromatic nitrogens is 2. The molecular formula is C28H41ClFN3O. The summed E-state index contributed by atoms with van der Waals surface area (Å²) in [6.45, 7) is 8.11. The molecule has 188 valence electrons. The molecule has 1 saturated heterocycles. The van der Waals surface area contributed by atoms with Crippen molar-refractivity contribution in [3.8, 4) is 0 Å². The van der Waals surface area contributed by atoms with Crippen LogP contribution in [0.3, 0.4) is 0 Å². The van der Waals surface area contributed by atoms with Gasteiger partial charge in [-0.15, -0.1) is 0 Å². The van der Waals surface area contributed by atoms with Gasteiger partial charge in [-0.05, 0) is 62.8 Å². The van der Waals surface area contributed by atoms with Gasteiger partial charge in [-0.2, -0.15) is 0 Å². The number of hydrogen-bond donors (Lipinski definition) is 0. The lowest BCUT2D eigenvalue weighted by Crippen LogP contribution is -2.34. The van der Waals surface area contributed by atoms with Crippen LogP contribution in [0, 0.1) is 5.92 Å². The molecule has 0 amide bonds. The summed E-state index contributed by atoms with van der Waals surface area (Å²) in [5, 5.41) is 0.258. The summed E-state index contributed by atoms with van der Waals surface area (Å²) in [5.41, 5.74) is 2.64. The molecule has 4 nitrogen and oxygen atoms in total. The van der Waals surface area contributed by atoms with Gasteiger partial charge in [0.2, 0.25) is 0 Å². The van der Waals surface area contributed by atoms with E-state index in [0.29, 0.717) is 12.2 Å². The number of rotatable bonds is 10. The number of likely N-dealkylation sites (tertiary alicyclic amines) is 1. The monoisotopic (exact) mass is 489 g/mol. The zero-order valence-electron chi connectivity index (χ0n) is 21.3. The molecule has 0 bridgehead atoms. The number of hydrogen-bond acceptors (Lipinski definition) is 2. The first-order chi connectivity index (χ1) is 16.5. The molecule has 0 atom stereocenters. The molecular weight excluding hydrogens is 449 g/mol. The highest BCUT2D eigenvalue weighted by Crippen LogP contribution is 2.25. The lowest BCUT2D eigenvalue weighted by Gasteiger charge is -2.32. The Balaban J connectivity index is 0.00000199. The Hall–Kier alpha value is -2.11. The number of nitrogens with zero attached hydrogens (tertiary/aromatic N) is 3. The average molecular weight is 490 g/mol. The van der Waals surface area contributed by atoms with Crippen molar-refractivity contribution < 1.29 is 4.39 Å². The summed E-state index contributed by atoms with van der Waals surface area (Å²) in [6.07, 6.45) is 11.7. The smallest absolute Gasteiger partial charge is 0.290 e. The fraction of sp³-hybridized carbons (Fsp3) is 0.536. The zero-order valence-corrected chi connectivity index (χ0v) is 22.0. The van der Waals surface area contributed by atoms with Crippen LogP contribution in [0.2, 0.25) is 5.02 Å². The molecule has 0 aliphatic carbocycles. The van der Waals surface area contributed by atoms with Crippen molar-refractivity contribution in [1.82, 2.24) is 14.3 Å². The van der Waals surface area contributed by atoms with E-state index < -0.39 is 6.67 Å². The first-order valence-corrected chi connectivity index (χ1v) is 13.1. The predicted molar refractivity (Wildman–Crippen MR) is 143 cm³/mol. The van der Waals surface area contributed by atoms with E-state index in [0.717, 1.165) is 37.5 Å². The third kappa shape index (κ3) is 7.71. The van der Waals surface area contributed by atoms with E-state index in [-0.39, 0.29) is 10.6 Å². The Morgan fingerprint density at radius 1 is 1.18 bits per heavy atom. The van der Waals surface area contributed by atoms with Crippen LogP contribution in [-0.2, 0) is 20.0 Å². The van der Waals surface area contributed by atoms with E-state index in [1.165, 1.54) is 37.3 Å². The Bertz CT molecular complexity index is 970. The van der Waals surface area contributed by atoms with Crippen LogP contribution in [0.1, 0.15) is 64.1 Å². The molecule has 1 aliphatic heterocycles. The van der Waals surface area contributed by atoms with Crippen molar-refractivity contribution in [2.75, 3.05) is 19.8 Å². The third-order valence-electron chi connectivity index (χ3n) is 6.36. The molecule has 0 saturated carbocycles. The first-order valence-electron chi connectivity index (χ1n) is 12.7. The van der Waals surface area contributed by atoms with Crippen molar-refractivity contribution >= 4 is 17.3 Å². The summed E-state index contributed by atoms with van der Waals surface area (Å²) in [6, 6.07) is 10.7. The number of alkyl halides is 1. The molecule has 2 heterocycles. The van der Waals surface area contributed by atoms with Crippen LogP contribution < -0.4 is 5.56 Å². The van der Waals surface area contributed by atoms with Crippen molar-refractivity contribution in [1.29, 1.82) is 0 Å². The van der Waals surface area contributed by atoms with Crippen LogP contribution in [0.5, 0.6) is 0 Å². The van der Waals surface area contributed by atoms with Crippen LogP contribution in [-0.4, -0.2) is 34.0 Å². The van der Waals surface area contributed by atoms with Gasteiger partial charge in [0.25, 0.3) is 5.56 Å². The molecule has 0 N–H and O–H groups in total. The fourth-order valence-electron chi connectivity index (χ4n) is 4.56. The van der Waals surface area contributed by atoms with Crippen molar-refractivity contribution in [2.24, 2.45) is 13.0 Å². The normalized spacial score (nSPS) is 15.5. The van der Waals surface area contributed by atoms with E-state index in [1.54, 1.807) is 10.8 Å². The predicted octanol–water partition coefficient (Wildman–Crippen LogP) is 6.88. The zero-order chi connectivity index (χ0) is 24.9. The number of allylic oxidation sites excluding steroid dienone is 4. The van der Waals surface area contributed by atoms with Crippen LogP contribution in [0.15, 0.2) is 53.4 Å². The van der Waals surface area contributed by atoms with Gasteiger partial charge >= 0.3 is 0 Å². The number of halogens is 2. The van der Waals surface area contributed by atoms with E-state index in [9.17, 15) is 9.18 Å². The third-order valence-corrected chi connectivity index (χ3v) is 6.74. The summed E-state index contributed by atoms with van der Waals surface area (Å²) >= 11 is 6.47. The van der Waals surface area contributed by atoms with E-state index in [1.807, 2.05) is 38.6 Å². The molecule has 1 aromatic heterocycles. The lowest BCUT2D eigenvalue weighted by molar-refractivity contribution is 0.167. The summed E-state index contributed by atoms with van der Waals surface area (Å²) in [7, 11) is 1.85. The molecule has 0 unspecified atom stereocenters. The number of piperidine rings is 1. The van der Waals surface area contributed by atoms with Gasteiger partial charge in [-0.25, -0.2) is 9.07 Å². The molecule has 0 radical (unpaired) electrons. The van der Waals surface area contributed by atoms with Gasteiger partial charge in [0, 0.05) is 13.6 Å². The first kappa shape index (κ1) is 28.1. The summed E-state index contributed by atoms with van der Waals surface area (Å²) in [5.74, 6) is 0.767. The SMILES string of the molecule is CC.CC/C=C(\C=C/CF)n1c(=O)c(Cl)c(CN2CCC(CCCc3ccccc3)CC2)n1C. The minimum atomic E-state index is -0.568. The second kappa shape index (κ2) is 15.0. The van der Waals surface area contributed by atoms with Gasteiger partial charge in [0.05, 0.1) is 11.4 Å². The Kier molecular flexibility index (Phi) is 12.4. The Morgan fingerprint density at radius 2 is 1.85 bits per heavy atom. The van der Waals surface area contributed by atoms with Gasteiger partial charge in [0.15, 0.2) is 0 Å². The molecule has 1 aromatic carbocycles. The quantitative estimate of drug-likeness (QED) is 0.340. The van der Waals surface area contributed by atoms with Crippen LogP contribution in [0.4, 0.5) is 4.39 Å².